The van der Waals surface area contributed by atoms with E-state index in [0.717, 1.165) is 5.56 Å². The molecular formula is C21H22ClN3O5S. The first kappa shape index (κ1) is 21.6. The summed E-state index contributed by atoms with van der Waals surface area (Å²) in [7, 11) is -3.91. The van der Waals surface area contributed by atoms with Crippen molar-refractivity contribution >= 4 is 39.1 Å². The molecule has 0 unspecified atom stereocenters. The minimum Gasteiger partial charge on any atom is -0.479 e. The third-order valence-electron chi connectivity index (χ3n) is 5.37. The van der Waals surface area contributed by atoms with Gasteiger partial charge in [-0.05, 0) is 32.0 Å². The lowest BCUT2D eigenvalue weighted by molar-refractivity contribution is -0.122. The molecule has 164 valence electrons. The summed E-state index contributed by atoms with van der Waals surface area (Å²) in [5.74, 6) is -0.192. The number of halogens is 1. The second-order valence-electron chi connectivity index (χ2n) is 7.59. The van der Waals surface area contributed by atoms with Crippen LogP contribution >= 0.6 is 11.6 Å². The summed E-state index contributed by atoms with van der Waals surface area (Å²) in [4.78, 5) is 26.1. The van der Waals surface area contributed by atoms with E-state index in [9.17, 15) is 18.0 Å². The van der Waals surface area contributed by atoms with Gasteiger partial charge in [0.2, 0.25) is 10.0 Å². The molecule has 2 amide bonds. The zero-order valence-electron chi connectivity index (χ0n) is 17.1. The maximum absolute atomic E-state index is 13.2. The van der Waals surface area contributed by atoms with E-state index in [2.05, 4.69) is 5.32 Å². The molecule has 2 heterocycles. The van der Waals surface area contributed by atoms with Gasteiger partial charge in [0.05, 0.1) is 10.7 Å². The second-order valence-corrected chi connectivity index (χ2v) is 9.91. The number of fused-ring (bicyclic) bond motifs is 1. The summed E-state index contributed by atoms with van der Waals surface area (Å²) in [6.07, 6.45) is -0.736. The Hall–Kier alpha value is -2.62. The number of nitrogens with zero attached hydrogens (tertiary/aromatic N) is 2. The minimum atomic E-state index is -3.91. The lowest BCUT2D eigenvalue weighted by Crippen LogP contribution is -2.50. The SMILES string of the molecule is Cc1cccc(C(=O)N2CCN(S(=O)(=O)c3cc4c(cc3Cl)NC(=O)[C@@H](C)O4)CC2)c1. The molecule has 10 heteroatoms. The molecule has 1 fully saturated rings. The van der Waals surface area contributed by atoms with Crippen LogP contribution in [0.5, 0.6) is 5.75 Å². The molecule has 0 aliphatic carbocycles. The van der Waals surface area contributed by atoms with Crippen LogP contribution in [0.1, 0.15) is 22.8 Å². The number of carbonyl (C=O) groups is 2. The Balaban J connectivity index is 1.51. The number of carbonyl (C=O) groups excluding carboxylic acids is 2. The highest BCUT2D eigenvalue weighted by molar-refractivity contribution is 7.89. The van der Waals surface area contributed by atoms with E-state index in [1.54, 1.807) is 17.9 Å². The standard InChI is InChI=1S/C21H22ClN3O5S/c1-13-4-3-5-15(10-13)21(27)24-6-8-25(9-7-24)31(28,29)19-12-18-17(11-16(19)22)23-20(26)14(2)30-18/h3-5,10-12,14H,6-9H2,1-2H3,(H,23,26)/t14-/m1/s1. The maximum Gasteiger partial charge on any atom is 0.265 e. The molecule has 2 aromatic rings. The quantitative estimate of drug-likeness (QED) is 0.754. The molecule has 1 N–H and O–H groups in total. The third-order valence-corrected chi connectivity index (χ3v) is 7.74. The Bertz CT molecular complexity index is 1160. The van der Waals surface area contributed by atoms with Crippen LogP contribution in [0.4, 0.5) is 5.69 Å². The second kappa shape index (κ2) is 8.14. The lowest BCUT2D eigenvalue weighted by atomic mass is 10.1. The van der Waals surface area contributed by atoms with Crippen molar-refractivity contribution in [2.45, 2.75) is 24.8 Å². The lowest BCUT2D eigenvalue weighted by Gasteiger charge is -2.34. The number of anilines is 1. The minimum absolute atomic E-state index is 0.00419. The van der Waals surface area contributed by atoms with Crippen LogP contribution in [0.25, 0.3) is 0 Å². The van der Waals surface area contributed by atoms with Gasteiger partial charge in [0.25, 0.3) is 11.8 Å². The molecule has 2 aliphatic heterocycles. The fourth-order valence-corrected chi connectivity index (χ4v) is 5.58. The van der Waals surface area contributed by atoms with E-state index < -0.39 is 16.1 Å². The van der Waals surface area contributed by atoms with Crippen LogP contribution in [0.2, 0.25) is 5.02 Å². The maximum atomic E-state index is 13.2. The van der Waals surface area contributed by atoms with Gasteiger partial charge in [-0.15, -0.1) is 0 Å². The van der Waals surface area contributed by atoms with Crippen LogP contribution < -0.4 is 10.1 Å². The van der Waals surface area contributed by atoms with Crippen molar-refractivity contribution in [2.75, 3.05) is 31.5 Å². The monoisotopic (exact) mass is 463 g/mol. The Kier molecular flexibility index (Phi) is 5.67. The largest absolute Gasteiger partial charge is 0.479 e. The average molecular weight is 464 g/mol. The van der Waals surface area contributed by atoms with Gasteiger partial charge in [-0.3, -0.25) is 9.59 Å². The van der Waals surface area contributed by atoms with E-state index in [-0.39, 0.29) is 53.7 Å². The summed E-state index contributed by atoms with van der Waals surface area (Å²) in [5, 5.41) is 2.64. The van der Waals surface area contributed by atoms with Crippen LogP contribution in [0.15, 0.2) is 41.3 Å². The van der Waals surface area contributed by atoms with E-state index in [1.807, 2.05) is 25.1 Å². The van der Waals surface area contributed by atoms with Crippen molar-refractivity contribution in [1.82, 2.24) is 9.21 Å². The number of sulfonamides is 1. The molecule has 8 nitrogen and oxygen atoms in total. The molecular weight excluding hydrogens is 442 g/mol. The Labute approximate surface area is 185 Å². The third kappa shape index (κ3) is 4.13. The number of amides is 2. The Morgan fingerprint density at radius 1 is 1.16 bits per heavy atom. The van der Waals surface area contributed by atoms with Gasteiger partial charge < -0.3 is 15.0 Å². The van der Waals surface area contributed by atoms with Gasteiger partial charge in [0.1, 0.15) is 10.6 Å². The molecule has 0 saturated carbocycles. The van der Waals surface area contributed by atoms with Crippen molar-refractivity contribution in [1.29, 1.82) is 0 Å². The first-order chi connectivity index (χ1) is 14.7. The van der Waals surface area contributed by atoms with Gasteiger partial charge in [0.15, 0.2) is 6.10 Å². The highest BCUT2D eigenvalue weighted by Crippen LogP contribution is 2.38. The molecule has 0 spiro atoms. The molecule has 2 aromatic carbocycles. The van der Waals surface area contributed by atoms with Crippen LogP contribution in [-0.2, 0) is 14.8 Å². The van der Waals surface area contributed by atoms with E-state index in [4.69, 9.17) is 16.3 Å². The van der Waals surface area contributed by atoms with Gasteiger partial charge in [0, 0.05) is 37.8 Å². The molecule has 0 radical (unpaired) electrons. The number of aryl methyl sites for hydroxylation is 1. The topological polar surface area (TPSA) is 96.0 Å². The number of benzene rings is 2. The Morgan fingerprint density at radius 2 is 1.87 bits per heavy atom. The zero-order chi connectivity index (χ0) is 22.3. The fourth-order valence-electron chi connectivity index (χ4n) is 3.64. The molecule has 1 saturated heterocycles. The number of hydrogen-bond acceptors (Lipinski definition) is 5. The first-order valence-electron chi connectivity index (χ1n) is 9.84. The van der Waals surface area contributed by atoms with Crippen molar-refractivity contribution in [3.05, 3.63) is 52.5 Å². The molecule has 0 bridgehead atoms. The van der Waals surface area contributed by atoms with Crippen LogP contribution in [-0.4, -0.2) is 61.7 Å². The highest BCUT2D eigenvalue weighted by Gasteiger charge is 2.34. The summed E-state index contributed by atoms with van der Waals surface area (Å²) in [5.41, 5.74) is 1.91. The van der Waals surface area contributed by atoms with Gasteiger partial charge in [-0.1, -0.05) is 29.3 Å². The average Bonchev–Trinajstić information content (AvgIpc) is 2.74. The number of ether oxygens (including phenoxy) is 1. The summed E-state index contributed by atoms with van der Waals surface area (Å²) in [6, 6.07) is 10.0. The van der Waals surface area contributed by atoms with Crippen molar-refractivity contribution in [3.8, 4) is 5.75 Å². The smallest absolute Gasteiger partial charge is 0.265 e. The summed E-state index contributed by atoms with van der Waals surface area (Å²) >= 11 is 6.25. The Morgan fingerprint density at radius 3 is 2.55 bits per heavy atom. The molecule has 4 rings (SSSR count). The molecule has 2 aliphatic rings. The fraction of sp³-hybridized carbons (Fsp3) is 0.333. The normalized spacial score (nSPS) is 19.4. The highest BCUT2D eigenvalue weighted by atomic mass is 35.5. The summed E-state index contributed by atoms with van der Waals surface area (Å²) < 4.78 is 33.3. The zero-order valence-corrected chi connectivity index (χ0v) is 18.7. The van der Waals surface area contributed by atoms with Crippen LogP contribution in [0, 0.1) is 6.92 Å². The molecule has 0 aromatic heterocycles. The molecule has 31 heavy (non-hydrogen) atoms. The molecule has 1 atom stereocenters. The number of nitrogens with one attached hydrogen (secondary N) is 1. The van der Waals surface area contributed by atoms with Gasteiger partial charge >= 0.3 is 0 Å². The predicted octanol–water partition coefficient (Wildman–Crippen LogP) is 2.51. The van der Waals surface area contributed by atoms with E-state index >= 15 is 0 Å². The van der Waals surface area contributed by atoms with Gasteiger partial charge in [-0.2, -0.15) is 4.31 Å². The van der Waals surface area contributed by atoms with Crippen molar-refractivity contribution < 1.29 is 22.7 Å². The van der Waals surface area contributed by atoms with Crippen molar-refractivity contribution in [2.24, 2.45) is 0 Å². The number of piperazine rings is 1. The summed E-state index contributed by atoms with van der Waals surface area (Å²) in [6.45, 7) is 4.35. The first-order valence-corrected chi connectivity index (χ1v) is 11.7. The van der Waals surface area contributed by atoms with Crippen LogP contribution in [0.3, 0.4) is 0 Å². The van der Waals surface area contributed by atoms with E-state index in [0.29, 0.717) is 11.3 Å². The van der Waals surface area contributed by atoms with Gasteiger partial charge in [-0.25, -0.2) is 8.42 Å². The number of hydrogen-bond donors (Lipinski definition) is 1. The number of rotatable bonds is 3. The van der Waals surface area contributed by atoms with Crippen molar-refractivity contribution in [3.63, 3.8) is 0 Å². The predicted molar refractivity (Wildman–Crippen MR) is 116 cm³/mol. The van der Waals surface area contributed by atoms with E-state index in [1.165, 1.54) is 16.4 Å².